The van der Waals surface area contributed by atoms with Crippen molar-refractivity contribution in [3.05, 3.63) is 98.8 Å². The van der Waals surface area contributed by atoms with Crippen molar-refractivity contribution in [1.29, 1.82) is 0 Å². The molecule has 1 fully saturated rings. The summed E-state index contributed by atoms with van der Waals surface area (Å²) in [6.07, 6.45) is 0.656. The lowest BCUT2D eigenvalue weighted by Gasteiger charge is -2.35. The number of carbonyl (C=O) groups excluding carboxylic acids is 2. The summed E-state index contributed by atoms with van der Waals surface area (Å²) in [5.41, 5.74) is 8.62. The van der Waals surface area contributed by atoms with Crippen molar-refractivity contribution < 1.29 is 28.9 Å². The second kappa shape index (κ2) is 11.2. The molecule has 2 aromatic heterocycles. The molecular formula is C27H23N5O6S2. The number of thioether (sulfide) groups is 1. The number of hydrogen-bond acceptors (Lipinski definition) is 11. The highest BCUT2D eigenvalue weighted by Crippen LogP contribution is 2.52. The van der Waals surface area contributed by atoms with Crippen molar-refractivity contribution >= 4 is 45.9 Å². The summed E-state index contributed by atoms with van der Waals surface area (Å²) in [4.78, 5) is 37.7. The Hall–Kier alpha value is -4.00. The Bertz CT molecular complexity index is 1600. The van der Waals surface area contributed by atoms with Crippen LogP contribution in [-0.4, -0.2) is 57.6 Å². The van der Waals surface area contributed by atoms with Crippen LogP contribution in [0.25, 0.3) is 21.3 Å². The predicted octanol–water partition coefficient (Wildman–Crippen LogP) is 5.11. The molecule has 5 rings (SSSR count). The normalized spacial score (nSPS) is 23.9. The number of ether oxygens (including phenoxy) is 3. The van der Waals surface area contributed by atoms with Crippen LogP contribution in [0.4, 0.5) is 0 Å². The number of benzene rings is 2. The molecule has 1 N–H and O–H groups in total. The van der Waals surface area contributed by atoms with Crippen molar-refractivity contribution in [2.75, 3.05) is 12.9 Å². The molecule has 4 atom stereocenters. The van der Waals surface area contributed by atoms with Crippen molar-refractivity contribution in [1.82, 2.24) is 9.97 Å². The van der Waals surface area contributed by atoms with E-state index in [-0.39, 0.29) is 10.4 Å². The average Bonchev–Trinajstić information content (AvgIpc) is 3.51. The first-order valence-electron chi connectivity index (χ1n) is 12.0. The van der Waals surface area contributed by atoms with Gasteiger partial charge in [0.2, 0.25) is 5.79 Å². The third kappa shape index (κ3) is 4.78. The van der Waals surface area contributed by atoms with Gasteiger partial charge in [0.1, 0.15) is 35.7 Å². The Morgan fingerprint density at radius 3 is 2.40 bits per heavy atom. The number of azide groups is 1. The minimum Gasteiger partial charge on any atom is -0.459 e. The molecule has 4 aromatic rings. The summed E-state index contributed by atoms with van der Waals surface area (Å²) in [5, 5.41) is 19.2. The topological polar surface area (TPSA) is 157 Å². The molecule has 2 aromatic carbocycles. The quantitative estimate of drug-likeness (QED) is 0.0750. The van der Waals surface area contributed by atoms with Crippen LogP contribution in [0.5, 0.6) is 0 Å². The number of rotatable bonds is 8. The highest BCUT2D eigenvalue weighted by molar-refractivity contribution is 7.98. The fourth-order valence-electron chi connectivity index (χ4n) is 4.58. The van der Waals surface area contributed by atoms with E-state index in [1.165, 1.54) is 25.0 Å². The SMILES string of the molecule is CSc1ncnc2c(C3(O)O[C@H](COC(=O)c4ccccc4)[C@@H](OC(=O)c4ccccc4)[C@@]3(C)N=[N+]=[N-])scc12. The molecule has 1 aliphatic rings. The Kier molecular flexibility index (Phi) is 7.74. The van der Waals surface area contributed by atoms with E-state index in [0.29, 0.717) is 21.5 Å². The van der Waals surface area contributed by atoms with Crippen LogP contribution in [0.2, 0.25) is 0 Å². The third-order valence-corrected chi connectivity index (χ3v) is 8.41. The molecule has 11 nitrogen and oxygen atoms in total. The maximum absolute atomic E-state index is 13.2. The number of thiophene rings is 1. The summed E-state index contributed by atoms with van der Waals surface area (Å²) in [6, 6.07) is 16.5. The van der Waals surface area contributed by atoms with Crippen molar-refractivity contribution in [2.24, 2.45) is 5.11 Å². The summed E-state index contributed by atoms with van der Waals surface area (Å²) in [5.74, 6) is -3.68. The Balaban J connectivity index is 1.57. The van der Waals surface area contributed by atoms with Crippen molar-refractivity contribution in [2.45, 2.75) is 35.5 Å². The summed E-state index contributed by atoms with van der Waals surface area (Å²) in [7, 11) is 0. The first-order chi connectivity index (χ1) is 19.3. The molecule has 0 amide bonds. The van der Waals surface area contributed by atoms with Crippen LogP contribution >= 0.6 is 23.1 Å². The van der Waals surface area contributed by atoms with E-state index in [4.69, 9.17) is 14.2 Å². The minimum absolute atomic E-state index is 0.229. The van der Waals surface area contributed by atoms with E-state index in [9.17, 15) is 20.2 Å². The van der Waals surface area contributed by atoms with E-state index in [1.807, 2.05) is 6.26 Å². The number of carbonyl (C=O) groups is 2. The van der Waals surface area contributed by atoms with Gasteiger partial charge in [0.05, 0.1) is 21.5 Å². The zero-order valence-corrected chi connectivity index (χ0v) is 23.0. The molecule has 40 heavy (non-hydrogen) atoms. The van der Waals surface area contributed by atoms with Crippen LogP contribution < -0.4 is 0 Å². The monoisotopic (exact) mass is 577 g/mol. The Labute approximate surface area is 236 Å². The average molecular weight is 578 g/mol. The summed E-state index contributed by atoms with van der Waals surface area (Å²) < 4.78 is 17.5. The maximum atomic E-state index is 13.2. The van der Waals surface area contributed by atoms with Crippen LogP contribution in [0.15, 0.2) is 82.5 Å². The van der Waals surface area contributed by atoms with Crippen molar-refractivity contribution in [3.8, 4) is 0 Å². The van der Waals surface area contributed by atoms with Crippen LogP contribution in [-0.2, 0) is 20.0 Å². The van der Waals surface area contributed by atoms with Gasteiger partial charge >= 0.3 is 11.9 Å². The van der Waals surface area contributed by atoms with Gasteiger partial charge in [-0.15, -0.1) is 23.1 Å². The van der Waals surface area contributed by atoms with E-state index in [2.05, 4.69) is 20.0 Å². The maximum Gasteiger partial charge on any atom is 0.338 e. The molecule has 0 bridgehead atoms. The number of esters is 2. The number of hydrogen-bond donors (Lipinski definition) is 1. The van der Waals surface area contributed by atoms with Gasteiger partial charge in [0, 0.05) is 15.7 Å². The fourth-order valence-corrected chi connectivity index (χ4v) is 6.33. The number of aromatic nitrogens is 2. The van der Waals surface area contributed by atoms with Gasteiger partial charge < -0.3 is 19.3 Å². The number of nitrogens with zero attached hydrogens (tertiary/aromatic N) is 5. The number of fused-ring (bicyclic) bond motifs is 1. The molecule has 0 spiro atoms. The van der Waals surface area contributed by atoms with E-state index >= 15 is 0 Å². The molecule has 1 aliphatic heterocycles. The first kappa shape index (κ1) is 27.6. The molecule has 13 heteroatoms. The standard InChI is InChI=1S/C27H23N5O6S2/c1-26(31-32-28)21(37-25(34)17-11-7-4-8-12-17)19(13-36-24(33)16-9-5-3-6-10-16)38-27(26,35)22-20-18(14-40-22)23(39-2)30-15-29-20/h3-12,14-15,19,21,35H,13H2,1-2H3/t19-,21-,26-,27?/m1/s1. The van der Waals surface area contributed by atoms with Gasteiger partial charge in [-0.1, -0.05) is 41.5 Å². The molecule has 0 radical (unpaired) electrons. The molecule has 1 unspecified atom stereocenters. The van der Waals surface area contributed by atoms with E-state index in [1.54, 1.807) is 66.0 Å². The fraction of sp³-hybridized carbons (Fsp3) is 0.259. The molecule has 3 heterocycles. The summed E-state index contributed by atoms with van der Waals surface area (Å²) in [6.45, 7) is 1.02. The highest BCUT2D eigenvalue weighted by atomic mass is 32.2. The lowest BCUT2D eigenvalue weighted by molar-refractivity contribution is -0.225. The van der Waals surface area contributed by atoms with Crippen LogP contribution in [0.3, 0.4) is 0 Å². The molecular weight excluding hydrogens is 554 g/mol. The van der Waals surface area contributed by atoms with Gasteiger partial charge in [-0.3, -0.25) is 0 Å². The van der Waals surface area contributed by atoms with Gasteiger partial charge in [-0.2, -0.15) is 0 Å². The molecule has 0 saturated carbocycles. The molecule has 1 saturated heterocycles. The zero-order valence-electron chi connectivity index (χ0n) is 21.3. The molecule has 0 aliphatic carbocycles. The third-order valence-electron chi connectivity index (χ3n) is 6.64. The second-order valence-electron chi connectivity index (χ2n) is 9.00. The zero-order chi connectivity index (χ0) is 28.3. The summed E-state index contributed by atoms with van der Waals surface area (Å²) >= 11 is 2.54. The largest absolute Gasteiger partial charge is 0.459 e. The Morgan fingerprint density at radius 2 is 1.77 bits per heavy atom. The van der Waals surface area contributed by atoms with Crippen LogP contribution in [0, 0.1) is 0 Å². The first-order valence-corrected chi connectivity index (χ1v) is 14.1. The van der Waals surface area contributed by atoms with Gasteiger partial charge in [-0.25, -0.2) is 19.6 Å². The minimum atomic E-state index is -2.30. The van der Waals surface area contributed by atoms with E-state index in [0.717, 1.165) is 11.3 Å². The predicted molar refractivity (Wildman–Crippen MR) is 148 cm³/mol. The highest BCUT2D eigenvalue weighted by Gasteiger charge is 2.67. The number of aliphatic hydroxyl groups is 1. The van der Waals surface area contributed by atoms with Crippen molar-refractivity contribution in [3.63, 3.8) is 0 Å². The Morgan fingerprint density at radius 1 is 1.12 bits per heavy atom. The lowest BCUT2D eigenvalue weighted by atomic mass is 9.85. The van der Waals surface area contributed by atoms with E-state index < -0.39 is 42.1 Å². The van der Waals surface area contributed by atoms with Gasteiger partial charge in [-0.05, 0) is 43.0 Å². The second-order valence-corrected chi connectivity index (χ2v) is 10.7. The van der Waals surface area contributed by atoms with Gasteiger partial charge in [0.15, 0.2) is 0 Å². The smallest absolute Gasteiger partial charge is 0.338 e. The van der Waals surface area contributed by atoms with Crippen LogP contribution in [0.1, 0.15) is 32.5 Å². The van der Waals surface area contributed by atoms with Gasteiger partial charge in [0.25, 0.3) is 0 Å². The lowest BCUT2D eigenvalue weighted by Crippen LogP contribution is -2.52. The molecule has 204 valence electrons.